The number of fused-ring (bicyclic) bond motifs is 2. The average molecular weight is 1200 g/mol. The van der Waals surface area contributed by atoms with Crippen LogP contribution in [-0.4, -0.2) is 138 Å². The highest BCUT2D eigenvalue weighted by Crippen LogP contribution is 2.49. The van der Waals surface area contributed by atoms with Gasteiger partial charge in [0.1, 0.15) is 42.7 Å². The Hall–Kier alpha value is -6.79. The molecule has 2 atom stereocenters. The van der Waals surface area contributed by atoms with Crippen molar-refractivity contribution in [2.24, 2.45) is 11.3 Å². The second-order valence-electron chi connectivity index (χ2n) is 26.4. The Balaban J connectivity index is 0.745. The molecule has 7 heterocycles. The molecule has 12 rings (SSSR count). The van der Waals surface area contributed by atoms with E-state index in [4.69, 9.17) is 4.74 Å². The summed E-state index contributed by atoms with van der Waals surface area (Å²) < 4.78 is 83.8. The molecule has 3 N–H and O–H groups in total. The van der Waals surface area contributed by atoms with E-state index in [0.29, 0.717) is 22.8 Å². The summed E-state index contributed by atoms with van der Waals surface area (Å²) in [6.07, 6.45) is 2.00. The van der Waals surface area contributed by atoms with Crippen molar-refractivity contribution in [3.63, 3.8) is 0 Å². The van der Waals surface area contributed by atoms with Gasteiger partial charge < -0.3 is 29.6 Å². The van der Waals surface area contributed by atoms with Crippen LogP contribution in [0.4, 0.5) is 33.5 Å². The van der Waals surface area contributed by atoms with Crippen molar-refractivity contribution >= 4 is 69.7 Å². The molecule has 5 aliphatic heterocycles. The van der Waals surface area contributed by atoms with Gasteiger partial charge in [-0.3, -0.25) is 29.6 Å². The summed E-state index contributed by atoms with van der Waals surface area (Å²) in [7, 11) is -2.41. The van der Waals surface area contributed by atoms with Crippen LogP contribution in [-0.2, 0) is 9.59 Å². The van der Waals surface area contributed by atoms with Gasteiger partial charge in [0.15, 0.2) is 11.4 Å². The van der Waals surface area contributed by atoms with Crippen LogP contribution in [0.1, 0.15) is 133 Å². The third-order valence-corrected chi connectivity index (χ3v) is 26.4. The number of alkyl halides is 3. The average Bonchev–Trinajstić information content (AvgIpc) is 1.44. The number of halogens is 5. The second-order valence-corrected chi connectivity index (χ2v) is 31.9. The molecule has 2 aromatic heterocycles. The smallest absolute Gasteiger partial charge is 0.418 e. The van der Waals surface area contributed by atoms with Crippen LogP contribution < -0.4 is 19.9 Å². The number of nitrogens with one attached hydrogen (secondary N) is 1. The molecule has 1 unspecified atom stereocenters. The monoisotopic (exact) mass is 1200 g/mol. The summed E-state index contributed by atoms with van der Waals surface area (Å²) in [5.41, 5.74) is 3.04. The third kappa shape index (κ3) is 10.8. The number of rotatable bonds is 14. The molecule has 0 radical (unpaired) electrons. The number of aliphatic hydroxyl groups is 1. The molecule has 0 bridgehead atoms. The zero-order valence-corrected chi connectivity index (χ0v) is 50.7. The molecule has 1 saturated carbocycles. The molecule has 4 aromatic carbocycles. The number of β-amino-alcohol motifs (C(OH)–C–C–N with tert-alkyl or cyclic N) is 1. The number of phenols is 1. The minimum absolute atomic E-state index is 0.00632. The van der Waals surface area contributed by atoms with Gasteiger partial charge in [0.2, 0.25) is 11.8 Å². The number of piperidine rings is 4. The van der Waals surface area contributed by atoms with Gasteiger partial charge in [0, 0.05) is 59.6 Å². The van der Waals surface area contributed by atoms with Crippen molar-refractivity contribution in [2.45, 2.75) is 146 Å². The number of carbonyl (C=O) groups excluding carboxylic acids is 3. The van der Waals surface area contributed by atoms with Gasteiger partial charge in [0.25, 0.3) is 5.91 Å². The third-order valence-electron chi connectivity index (χ3n) is 20.1. The number of pyridine rings is 1. The van der Waals surface area contributed by atoms with E-state index in [9.17, 15) is 37.8 Å². The molecular weight excluding hydrogens is 1120 g/mol. The number of carbonyl (C=O) groups is 3. The van der Waals surface area contributed by atoms with Crippen molar-refractivity contribution in [3.05, 3.63) is 89.1 Å². The zero-order valence-electron chi connectivity index (χ0n) is 49.7. The number of aromatic nitrogens is 3. The van der Waals surface area contributed by atoms with Crippen LogP contribution in [0.3, 0.4) is 0 Å². The standard InChI is InChI=1S/C66H75F5N8O6Si/c1-38(2)86(39(3)4,40(5)6)30-21-47-51(67)14-11-43-31-44(80)32-49(55(43)47)58-57(68)59-50(33-72-58)60(78-25-8-22-65(84,36-78)66(69,70)71)75-63(74-59)85-37-64(23-24-64)35-77-26-17-41(18-27-77)34-76-28-19-42(20-29-76)45-12-13-48-56-46(45)9-7-10-52(56)79(62(48)83)53-15-16-54(81)73-61(53)82/h7,9-14,31-33,38-42,53,80,84H,8,15-20,22-29,34-37H2,1-6H3,(H,73,81,82)/t53?,65-/m1/s1. The van der Waals surface area contributed by atoms with Gasteiger partial charge in [-0.2, -0.15) is 23.1 Å². The van der Waals surface area contributed by atoms with Crippen LogP contribution in [0.5, 0.6) is 11.8 Å². The maximum atomic E-state index is 17.7. The second kappa shape index (κ2) is 22.7. The van der Waals surface area contributed by atoms with E-state index in [2.05, 4.69) is 95.2 Å². The van der Waals surface area contributed by atoms with Gasteiger partial charge in [-0.25, -0.2) is 8.78 Å². The van der Waals surface area contributed by atoms with Crippen molar-refractivity contribution in [3.8, 4) is 34.5 Å². The molecule has 0 spiro atoms. The van der Waals surface area contributed by atoms with E-state index in [0.717, 1.165) is 94.3 Å². The van der Waals surface area contributed by atoms with Gasteiger partial charge in [-0.1, -0.05) is 71.7 Å². The Morgan fingerprint density at radius 3 is 2.23 bits per heavy atom. The number of nitrogens with zero attached hydrogens (tertiary/aromatic N) is 7. The molecule has 3 amide bonds. The maximum absolute atomic E-state index is 17.7. The number of benzene rings is 4. The zero-order chi connectivity index (χ0) is 60.8. The Kier molecular flexibility index (Phi) is 15.7. The first-order valence-electron chi connectivity index (χ1n) is 30.7. The molecule has 4 saturated heterocycles. The van der Waals surface area contributed by atoms with Gasteiger partial charge in [-0.05, 0) is 159 Å². The number of hydrogen-bond donors (Lipinski definition) is 3. The predicted molar refractivity (Wildman–Crippen MR) is 324 cm³/mol. The van der Waals surface area contributed by atoms with Crippen molar-refractivity contribution in [2.75, 3.05) is 68.8 Å². The van der Waals surface area contributed by atoms with Gasteiger partial charge in [0.05, 0.1) is 29.8 Å². The van der Waals surface area contributed by atoms with E-state index >= 15 is 8.78 Å². The minimum atomic E-state index is -4.96. The fourth-order valence-corrected chi connectivity index (χ4v) is 20.5. The Morgan fingerprint density at radius 1 is 0.826 bits per heavy atom. The van der Waals surface area contributed by atoms with Crippen LogP contribution in [0.15, 0.2) is 60.8 Å². The molecule has 6 aliphatic rings. The number of phenolic OH excluding ortho intramolecular Hbond substituents is 1. The largest absolute Gasteiger partial charge is 0.508 e. The van der Waals surface area contributed by atoms with Crippen LogP contribution in [0, 0.1) is 34.4 Å². The van der Waals surface area contributed by atoms with E-state index < -0.39 is 56.4 Å². The molecule has 86 heavy (non-hydrogen) atoms. The molecule has 14 nitrogen and oxygen atoms in total. The number of ether oxygens (including phenoxy) is 1. The molecule has 5 fully saturated rings. The first-order chi connectivity index (χ1) is 41.0. The Labute approximate surface area is 498 Å². The van der Waals surface area contributed by atoms with Crippen molar-refractivity contribution in [1.29, 1.82) is 0 Å². The number of likely N-dealkylation sites (tertiary alicyclic amines) is 2. The predicted octanol–water partition coefficient (Wildman–Crippen LogP) is 12.0. The fourth-order valence-electron chi connectivity index (χ4n) is 15.3. The lowest BCUT2D eigenvalue weighted by Crippen LogP contribution is -2.57. The Bertz CT molecular complexity index is 3730. The Morgan fingerprint density at radius 2 is 1.55 bits per heavy atom. The summed E-state index contributed by atoms with van der Waals surface area (Å²) in [4.78, 5) is 60.3. The normalized spacial score (nSPS) is 21.8. The van der Waals surface area contributed by atoms with Crippen LogP contribution in [0.25, 0.3) is 43.7 Å². The molecule has 6 aromatic rings. The van der Waals surface area contributed by atoms with Crippen LogP contribution >= 0.6 is 0 Å². The summed E-state index contributed by atoms with van der Waals surface area (Å²) in [6, 6.07) is 14.5. The van der Waals surface area contributed by atoms with E-state index in [1.54, 1.807) is 4.90 Å². The number of anilines is 2. The molecular formula is C66H75F5N8O6Si. The van der Waals surface area contributed by atoms with Crippen molar-refractivity contribution < 1.29 is 51.3 Å². The quantitative estimate of drug-likeness (QED) is 0.0410. The summed E-state index contributed by atoms with van der Waals surface area (Å²) >= 11 is 0. The fraction of sp³-hybridized carbons (Fsp3) is 0.515. The van der Waals surface area contributed by atoms with E-state index in [1.165, 1.54) is 40.9 Å². The lowest BCUT2D eigenvalue weighted by molar-refractivity contribution is -0.261. The summed E-state index contributed by atoms with van der Waals surface area (Å²) in [6.45, 7) is 17.8. The lowest BCUT2D eigenvalue weighted by atomic mass is 9.85. The van der Waals surface area contributed by atoms with E-state index in [-0.39, 0.29) is 117 Å². The minimum Gasteiger partial charge on any atom is -0.508 e. The van der Waals surface area contributed by atoms with Gasteiger partial charge in [-0.15, -0.1) is 5.54 Å². The molecule has 20 heteroatoms. The lowest BCUT2D eigenvalue weighted by Gasteiger charge is -2.40. The highest BCUT2D eigenvalue weighted by Gasteiger charge is 2.56. The number of aromatic hydroxyl groups is 1. The first-order valence-corrected chi connectivity index (χ1v) is 32.9. The van der Waals surface area contributed by atoms with Crippen molar-refractivity contribution in [1.82, 2.24) is 30.1 Å². The highest BCUT2D eigenvalue weighted by atomic mass is 28.3. The number of amides is 3. The van der Waals surface area contributed by atoms with E-state index in [1.807, 2.05) is 18.2 Å². The van der Waals surface area contributed by atoms with Gasteiger partial charge >= 0.3 is 12.2 Å². The summed E-state index contributed by atoms with van der Waals surface area (Å²) in [5.74, 6) is 1.20. The highest BCUT2D eigenvalue weighted by molar-refractivity contribution is 6.90. The van der Waals surface area contributed by atoms with Crippen LogP contribution in [0.2, 0.25) is 16.6 Å². The topological polar surface area (TPSA) is 165 Å². The molecule has 1 aliphatic carbocycles. The SMILES string of the molecule is CC(C)[Si](C#Cc1c(F)ccc2cc(O)cc(-c3ncc4c(N5CCC[C@](O)(C(F)(F)F)C5)nc(OCC5(CN6CCC(CN7CCC(c8ccc9c%10c(cccc8%10)N(C8CCC(=O)NC8=O)C9=O)CC7)CC6)CC5)nc4c3F)c12)(C(C)C)C(C)C. The first kappa shape index (κ1) is 59.5. The molecule has 454 valence electrons. The summed E-state index contributed by atoms with van der Waals surface area (Å²) in [5, 5.41) is 27.0. The number of hydrogen-bond acceptors (Lipinski definition) is 12. The maximum Gasteiger partial charge on any atom is 0.418 e. The number of imide groups is 1.